The van der Waals surface area contributed by atoms with Crippen LogP contribution in [0.4, 0.5) is 5.69 Å². The van der Waals surface area contributed by atoms with Crippen molar-refractivity contribution in [2.24, 2.45) is 10.9 Å². The Morgan fingerprint density at radius 3 is 2.63 bits per heavy atom. The number of methoxy groups -OCH3 is 1. The Balaban J connectivity index is 1.82. The van der Waals surface area contributed by atoms with Crippen LogP contribution >= 0.6 is 0 Å². The van der Waals surface area contributed by atoms with Crippen LogP contribution in [0.5, 0.6) is 5.75 Å². The number of anilines is 1. The van der Waals surface area contributed by atoms with Crippen molar-refractivity contribution in [3.8, 4) is 5.75 Å². The number of dihydropyridines is 1. The number of carbonyl (C=O) groups is 1. The van der Waals surface area contributed by atoms with Crippen LogP contribution in [0, 0.1) is 5.92 Å². The van der Waals surface area contributed by atoms with E-state index in [1.807, 2.05) is 12.1 Å². The number of allylic oxidation sites excluding steroid dienone is 4. The summed E-state index contributed by atoms with van der Waals surface area (Å²) in [4.78, 5) is 19.7. The lowest BCUT2D eigenvalue weighted by atomic mass is 9.82. The Kier molecular flexibility index (Phi) is 6.03. The molecule has 1 aromatic rings. The minimum atomic E-state index is -0.0354. The predicted molar refractivity (Wildman–Crippen MR) is 123 cm³/mol. The molecule has 0 saturated heterocycles. The maximum absolute atomic E-state index is 12.3. The minimum absolute atomic E-state index is 0.0354. The first kappa shape index (κ1) is 20.4. The van der Waals surface area contributed by atoms with Crippen molar-refractivity contribution in [3.05, 3.63) is 72.0 Å². The number of benzene rings is 1. The molecule has 0 saturated carbocycles. The summed E-state index contributed by atoms with van der Waals surface area (Å²) in [6.07, 6.45) is 16.8. The number of ether oxygens (including phenoxy) is 1. The van der Waals surface area contributed by atoms with Gasteiger partial charge in [0, 0.05) is 23.7 Å². The summed E-state index contributed by atoms with van der Waals surface area (Å²) in [6, 6.07) is 8.27. The second-order valence-corrected chi connectivity index (χ2v) is 8.20. The van der Waals surface area contributed by atoms with E-state index in [9.17, 15) is 4.79 Å². The third-order valence-corrected chi connectivity index (χ3v) is 6.00. The summed E-state index contributed by atoms with van der Waals surface area (Å²) >= 11 is 0. The van der Waals surface area contributed by atoms with Crippen molar-refractivity contribution in [1.29, 1.82) is 0 Å². The normalized spacial score (nSPS) is 24.4. The Hall–Kier alpha value is -2.88. The number of carbonyl (C=O) groups excluding carboxylic acids is 1. The number of Topliss-reactive ketones (excluding diaryl/α,β-unsaturated/α-hetero) is 1. The van der Waals surface area contributed by atoms with Gasteiger partial charge >= 0.3 is 0 Å². The fourth-order valence-electron chi connectivity index (χ4n) is 4.51. The highest BCUT2D eigenvalue weighted by molar-refractivity contribution is 6.13. The number of unbranched alkanes of at least 4 members (excludes halogenated alkanes) is 1. The molecule has 156 valence electrons. The van der Waals surface area contributed by atoms with Crippen LogP contribution < -0.4 is 9.64 Å². The van der Waals surface area contributed by atoms with Crippen molar-refractivity contribution in [2.45, 2.75) is 51.6 Å². The second-order valence-electron chi connectivity index (χ2n) is 8.20. The lowest BCUT2D eigenvalue weighted by Gasteiger charge is -2.42. The second kappa shape index (κ2) is 8.86. The van der Waals surface area contributed by atoms with Gasteiger partial charge in [0.15, 0.2) is 0 Å². The Morgan fingerprint density at radius 1 is 1.17 bits per heavy atom. The van der Waals surface area contributed by atoms with Gasteiger partial charge in [-0.25, -0.2) is 0 Å². The number of fused-ring (bicyclic) bond motifs is 2. The van der Waals surface area contributed by atoms with E-state index in [4.69, 9.17) is 9.73 Å². The number of hydrogen-bond acceptors (Lipinski definition) is 4. The van der Waals surface area contributed by atoms with Gasteiger partial charge in [-0.1, -0.05) is 43.7 Å². The number of hydrogen-bond donors (Lipinski definition) is 0. The highest BCUT2D eigenvalue weighted by Gasteiger charge is 2.36. The SMILES string of the molecule is CCCCC1=CC2=NC3C=CC=CC3C=C2C(CC(C)=O)N1c1ccc(OC)cc1. The van der Waals surface area contributed by atoms with Crippen molar-refractivity contribution < 1.29 is 9.53 Å². The molecule has 1 aromatic carbocycles. The fraction of sp³-hybridized carbons (Fsp3) is 0.385. The molecule has 0 bridgehead atoms. The molecule has 1 aliphatic carbocycles. The number of aliphatic imine (C=N–C) groups is 1. The summed E-state index contributed by atoms with van der Waals surface area (Å²) in [7, 11) is 1.68. The van der Waals surface area contributed by atoms with E-state index in [1.54, 1.807) is 14.0 Å². The van der Waals surface area contributed by atoms with Crippen molar-refractivity contribution >= 4 is 17.2 Å². The van der Waals surface area contributed by atoms with Gasteiger partial charge in [0.1, 0.15) is 11.5 Å². The smallest absolute Gasteiger partial charge is 0.132 e. The lowest BCUT2D eigenvalue weighted by Crippen LogP contribution is -2.45. The van der Waals surface area contributed by atoms with E-state index in [0.29, 0.717) is 6.42 Å². The van der Waals surface area contributed by atoms with Crippen LogP contribution in [0.2, 0.25) is 0 Å². The van der Waals surface area contributed by atoms with Crippen LogP contribution in [0.25, 0.3) is 0 Å². The highest BCUT2D eigenvalue weighted by atomic mass is 16.5. The van der Waals surface area contributed by atoms with E-state index in [-0.39, 0.29) is 23.8 Å². The first-order chi connectivity index (χ1) is 14.6. The third kappa shape index (κ3) is 4.04. The number of nitrogens with zero attached hydrogens (tertiary/aromatic N) is 2. The minimum Gasteiger partial charge on any atom is -0.497 e. The van der Waals surface area contributed by atoms with Crippen molar-refractivity contribution in [3.63, 3.8) is 0 Å². The molecule has 0 aromatic heterocycles. The maximum Gasteiger partial charge on any atom is 0.132 e. The van der Waals surface area contributed by atoms with Gasteiger partial charge in [-0.15, -0.1) is 0 Å². The van der Waals surface area contributed by atoms with Crippen LogP contribution in [0.15, 0.2) is 77.0 Å². The summed E-state index contributed by atoms with van der Waals surface area (Å²) < 4.78 is 5.35. The zero-order valence-electron chi connectivity index (χ0n) is 18.0. The zero-order valence-corrected chi connectivity index (χ0v) is 18.0. The van der Waals surface area contributed by atoms with E-state index in [1.165, 1.54) is 11.3 Å². The van der Waals surface area contributed by atoms with Gasteiger partial charge in [-0.2, -0.15) is 0 Å². The molecule has 2 heterocycles. The van der Waals surface area contributed by atoms with E-state index < -0.39 is 0 Å². The monoisotopic (exact) mass is 402 g/mol. The van der Waals surface area contributed by atoms with Crippen molar-refractivity contribution in [1.82, 2.24) is 0 Å². The van der Waals surface area contributed by atoms with Crippen LogP contribution in [0.1, 0.15) is 39.5 Å². The van der Waals surface area contributed by atoms with Gasteiger partial charge in [0.05, 0.1) is 24.9 Å². The molecule has 4 nitrogen and oxygen atoms in total. The summed E-state index contributed by atoms with van der Waals surface area (Å²) in [5, 5.41) is 0. The largest absolute Gasteiger partial charge is 0.497 e. The number of rotatable bonds is 7. The molecule has 0 fully saturated rings. The molecule has 4 heteroatoms. The van der Waals surface area contributed by atoms with Gasteiger partial charge in [0.2, 0.25) is 0 Å². The zero-order chi connectivity index (χ0) is 21.1. The lowest BCUT2D eigenvalue weighted by molar-refractivity contribution is -0.117. The molecule has 2 aliphatic heterocycles. The van der Waals surface area contributed by atoms with Gasteiger partial charge in [-0.3, -0.25) is 9.79 Å². The van der Waals surface area contributed by atoms with E-state index in [0.717, 1.165) is 36.4 Å². The summed E-state index contributed by atoms with van der Waals surface area (Å²) in [5.41, 5.74) is 4.53. The Labute approximate surface area is 179 Å². The molecule has 0 amide bonds. The summed E-state index contributed by atoms with van der Waals surface area (Å²) in [5.74, 6) is 1.28. The first-order valence-electron chi connectivity index (χ1n) is 10.9. The van der Waals surface area contributed by atoms with Crippen LogP contribution in [-0.2, 0) is 4.79 Å². The molecule has 3 atom stereocenters. The van der Waals surface area contributed by atoms with Gasteiger partial charge in [0.25, 0.3) is 0 Å². The van der Waals surface area contributed by atoms with Gasteiger partial charge in [-0.05, 0) is 55.7 Å². The fourth-order valence-corrected chi connectivity index (χ4v) is 4.51. The van der Waals surface area contributed by atoms with Crippen LogP contribution in [-0.4, -0.2) is 30.7 Å². The third-order valence-electron chi connectivity index (χ3n) is 6.00. The summed E-state index contributed by atoms with van der Waals surface area (Å²) in [6.45, 7) is 3.89. The van der Waals surface area contributed by atoms with Crippen molar-refractivity contribution in [2.75, 3.05) is 12.0 Å². The number of ketones is 1. The Bertz CT molecular complexity index is 950. The van der Waals surface area contributed by atoms with Crippen LogP contribution in [0.3, 0.4) is 0 Å². The molecular formula is C26H30N2O2. The molecule has 4 rings (SSSR count). The topological polar surface area (TPSA) is 41.9 Å². The molecular weight excluding hydrogens is 372 g/mol. The van der Waals surface area contributed by atoms with E-state index in [2.05, 4.69) is 60.4 Å². The highest BCUT2D eigenvalue weighted by Crippen LogP contribution is 2.38. The average molecular weight is 403 g/mol. The Morgan fingerprint density at radius 2 is 1.93 bits per heavy atom. The average Bonchev–Trinajstić information content (AvgIpc) is 2.76. The molecule has 0 N–H and O–H groups in total. The molecule has 3 unspecified atom stereocenters. The molecule has 30 heavy (non-hydrogen) atoms. The molecule has 3 aliphatic rings. The standard InChI is InChI=1S/C26H30N2O2/c1-4-5-9-21-17-25-23(16-19-8-6-7-10-24(19)27-25)26(15-18(2)29)28(21)20-11-13-22(30-3)14-12-20/h6-8,10-14,16-17,19,24,26H,4-5,9,15H2,1-3H3. The quantitative estimate of drug-likeness (QED) is 0.611. The molecule has 0 radical (unpaired) electrons. The van der Waals surface area contributed by atoms with Gasteiger partial charge < -0.3 is 9.64 Å². The predicted octanol–water partition coefficient (Wildman–Crippen LogP) is 5.43. The first-order valence-corrected chi connectivity index (χ1v) is 10.9. The molecule has 0 spiro atoms. The van der Waals surface area contributed by atoms with E-state index >= 15 is 0 Å². The maximum atomic E-state index is 12.3.